The fraction of sp³-hybridized carbons (Fsp3) is 0.0800. The molecule has 3 aromatic carbocycles. The maximum atomic E-state index is 13.1. The quantitative estimate of drug-likeness (QED) is 0.233. The lowest BCUT2D eigenvalue weighted by atomic mass is 9.95. The molecule has 1 aliphatic heterocycles. The van der Waals surface area contributed by atoms with E-state index in [1.165, 1.54) is 42.3 Å². The van der Waals surface area contributed by atoms with Crippen LogP contribution in [0.25, 0.3) is 5.76 Å². The molecule has 1 atom stereocenters. The number of nitrogens with zero attached hydrogens (tertiary/aromatic N) is 1. The Morgan fingerprint density at radius 2 is 1.55 bits per heavy atom. The van der Waals surface area contributed by atoms with Crippen LogP contribution in [0.3, 0.4) is 0 Å². The molecule has 166 valence electrons. The third-order valence-electron chi connectivity index (χ3n) is 5.32. The fourth-order valence-corrected chi connectivity index (χ4v) is 4.02. The van der Waals surface area contributed by atoms with Crippen LogP contribution < -0.4 is 4.90 Å². The first-order chi connectivity index (χ1) is 15.8. The minimum absolute atomic E-state index is 0.0818. The van der Waals surface area contributed by atoms with Gasteiger partial charge >= 0.3 is 5.97 Å². The molecule has 3 aromatic rings. The van der Waals surface area contributed by atoms with Crippen molar-refractivity contribution in [1.29, 1.82) is 0 Å². The maximum Gasteiger partial charge on any atom is 0.337 e. The Kier molecular flexibility index (Phi) is 6.22. The van der Waals surface area contributed by atoms with Crippen LogP contribution in [0, 0.1) is 0 Å². The molecule has 1 N–H and O–H groups in total. The first-order valence-corrected chi connectivity index (χ1v) is 10.6. The summed E-state index contributed by atoms with van der Waals surface area (Å²) in [5.41, 5.74) is 1.47. The van der Waals surface area contributed by atoms with Crippen molar-refractivity contribution >= 4 is 52.3 Å². The summed E-state index contributed by atoms with van der Waals surface area (Å²) in [5.74, 6) is -2.54. The molecule has 0 saturated carbocycles. The Morgan fingerprint density at radius 3 is 2.15 bits per heavy atom. The molecule has 0 aliphatic carbocycles. The van der Waals surface area contributed by atoms with E-state index in [1.807, 2.05) is 0 Å². The highest BCUT2D eigenvalue weighted by molar-refractivity contribution is 6.51. The van der Waals surface area contributed by atoms with Gasteiger partial charge in [0.1, 0.15) is 5.76 Å². The van der Waals surface area contributed by atoms with Crippen LogP contribution in [0.1, 0.15) is 27.5 Å². The van der Waals surface area contributed by atoms with Crippen LogP contribution in [-0.2, 0) is 14.3 Å². The number of Topliss-reactive ketones (excluding diaryl/α,β-unsaturated/α-hetero) is 1. The molecule has 0 radical (unpaired) electrons. The van der Waals surface area contributed by atoms with Crippen molar-refractivity contribution < 1.29 is 24.2 Å². The number of carbonyl (C=O) groups excluding carboxylic acids is 3. The molecule has 1 saturated heterocycles. The average Bonchev–Trinajstić information content (AvgIpc) is 3.11. The van der Waals surface area contributed by atoms with E-state index >= 15 is 0 Å². The highest BCUT2D eigenvalue weighted by Crippen LogP contribution is 2.42. The molecule has 8 heteroatoms. The van der Waals surface area contributed by atoms with Crippen molar-refractivity contribution in [3.63, 3.8) is 0 Å². The number of benzene rings is 3. The summed E-state index contributed by atoms with van der Waals surface area (Å²) in [6, 6.07) is 18.5. The second kappa shape index (κ2) is 9.10. The third-order valence-corrected chi connectivity index (χ3v) is 6.06. The number of anilines is 1. The summed E-state index contributed by atoms with van der Waals surface area (Å²) in [6.07, 6.45) is 0. The zero-order valence-corrected chi connectivity index (χ0v) is 18.8. The lowest BCUT2D eigenvalue weighted by Crippen LogP contribution is -2.29. The number of methoxy groups -OCH3 is 1. The summed E-state index contributed by atoms with van der Waals surface area (Å²) >= 11 is 12.1. The van der Waals surface area contributed by atoms with Gasteiger partial charge in [-0.15, -0.1) is 0 Å². The number of esters is 1. The van der Waals surface area contributed by atoms with Gasteiger partial charge < -0.3 is 9.84 Å². The predicted molar refractivity (Wildman–Crippen MR) is 125 cm³/mol. The van der Waals surface area contributed by atoms with Gasteiger partial charge in [0, 0.05) is 11.3 Å². The molecule has 1 fully saturated rings. The van der Waals surface area contributed by atoms with E-state index in [0.29, 0.717) is 21.8 Å². The van der Waals surface area contributed by atoms with E-state index in [0.717, 1.165) is 0 Å². The van der Waals surface area contributed by atoms with Gasteiger partial charge in [0.15, 0.2) is 0 Å². The molecule has 1 amide bonds. The number of halogens is 2. The van der Waals surface area contributed by atoms with Gasteiger partial charge in [-0.3, -0.25) is 14.5 Å². The van der Waals surface area contributed by atoms with E-state index in [4.69, 9.17) is 27.9 Å². The van der Waals surface area contributed by atoms with Crippen LogP contribution in [0.2, 0.25) is 10.0 Å². The third kappa shape index (κ3) is 4.11. The normalized spacial score (nSPS) is 17.3. The van der Waals surface area contributed by atoms with Crippen molar-refractivity contribution in [2.24, 2.45) is 0 Å². The highest BCUT2D eigenvalue weighted by atomic mass is 35.5. The summed E-state index contributed by atoms with van der Waals surface area (Å²) in [6.45, 7) is 0. The number of carbonyl (C=O) groups is 3. The van der Waals surface area contributed by atoms with E-state index in [9.17, 15) is 19.5 Å². The minimum Gasteiger partial charge on any atom is -0.507 e. The van der Waals surface area contributed by atoms with Gasteiger partial charge in [0.25, 0.3) is 11.7 Å². The molecule has 0 aromatic heterocycles. The number of amides is 1. The second-order valence-corrected chi connectivity index (χ2v) is 8.06. The van der Waals surface area contributed by atoms with Gasteiger partial charge in [0.2, 0.25) is 0 Å². The summed E-state index contributed by atoms with van der Waals surface area (Å²) < 4.78 is 4.71. The van der Waals surface area contributed by atoms with Gasteiger partial charge in [-0.05, 0) is 48.0 Å². The van der Waals surface area contributed by atoms with Crippen molar-refractivity contribution in [3.8, 4) is 0 Å². The topological polar surface area (TPSA) is 83.9 Å². The molecule has 33 heavy (non-hydrogen) atoms. The number of aliphatic hydroxyl groups is 1. The smallest absolute Gasteiger partial charge is 0.337 e. The van der Waals surface area contributed by atoms with Crippen molar-refractivity contribution in [3.05, 3.63) is 105 Å². The zero-order valence-electron chi connectivity index (χ0n) is 17.3. The number of aliphatic hydroxyl groups excluding tert-OH is 1. The van der Waals surface area contributed by atoms with E-state index < -0.39 is 23.7 Å². The molecule has 0 spiro atoms. The van der Waals surface area contributed by atoms with Gasteiger partial charge in [0.05, 0.1) is 34.3 Å². The van der Waals surface area contributed by atoms with Crippen LogP contribution >= 0.6 is 23.2 Å². The maximum absolute atomic E-state index is 13.1. The Bertz CT molecular complexity index is 1290. The molecule has 1 heterocycles. The Labute approximate surface area is 199 Å². The lowest BCUT2D eigenvalue weighted by molar-refractivity contribution is -0.132. The Balaban J connectivity index is 1.89. The lowest BCUT2D eigenvalue weighted by Gasteiger charge is -2.25. The summed E-state index contributed by atoms with van der Waals surface area (Å²) in [4.78, 5) is 39.3. The fourth-order valence-electron chi connectivity index (χ4n) is 3.72. The van der Waals surface area contributed by atoms with Gasteiger partial charge in [-0.2, -0.15) is 0 Å². The first kappa shape index (κ1) is 22.6. The van der Waals surface area contributed by atoms with Crippen molar-refractivity contribution in [2.45, 2.75) is 6.04 Å². The summed E-state index contributed by atoms with van der Waals surface area (Å²) in [7, 11) is 1.27. The Morgan fingerprint density at radius 1 is 0.909 bits per heavy atom. The highest BCUT2D eigenvalue weighted by Gasteiger charge is 2.46. The van der Waals surface area contributed by atoms with Gasteiger partial charge in [-0.1, -0.05) is 53.5 Å². The number of ketones is 1. The van der Waals surface area contributed by atoms with Gasteiger partial charge in [-0.25, -0.2) is 4.79 Å². The second-order valence-electron chi connectivity index (χ2n) is 7.25. The summed E-state index contributed by atoms with van der Waals surface area (Å²) in [5, 5.41) is 11.6. The van der Waals surface area contributed by atoms with E-state index in [1.54, 1.807) is 42.5 Å². The predicted octanol–water partition coefficient (Wildman–Crippen LogP) is 5.41. The first-order valence-electron chi connectivity index (χ1n) is 9.83. The number of hydrogen-bond donors (Lipinski definition) is 1. The zero-order chi connectivity index (χ0) is 23.7. The monoisotopic (exact) mass is 481 g/mol. The van der Waals surface area contributed by atoms with Crippen molar-refractivity contribution in [2.75, 3.05) is 12.0 Å². The van der Waals surface area contributed by atoms with E-state index in [-0.39, 0.29) is 21.9 Å². The molecular weight excluding hydrogens is 465 g/mol. The van der Waals surface area contributed by atoms with Crippen LogP contribution in [0.15, 0.2) is 78.4 Å². The molecule has 1 unspecified atom stereocenters. The number of rotatable bonds is 4. The molecular formula is C25H17Cl2NO5. The Hall–Kier alpha value is -3.61. The molecule has 1 aliphatic rings. The van der Waals surface area contributed by atoms with Crippen LogP contribution in [0.5, 0.6) is 0 Å². The largest absolute Gasteiger partial charge is 0.507 e. The van der Waals surface area contributed by atoms with Crippen LogP contribution in [0.4, 0.5) is 5.69 Å². The van der Waals surface area contributed by atoms with Crippen molar-refractivity contribution in [1.82, 2.24) is 0 Å². The number of ether oxygens (including phenoxy) is 1. The van der Waals surface area contributed by atoms with Crippen LogP contribution in [-0.4, -0.2) is 29.9 Å². The molecule has 6 nitrogen and oxygen atoms in total. The number of hydrogen-bond acceptors (Lipinski definition) is 5. The standard InChI is InChI=1S/C25H17Cl2NO5/c1-33-25(32)15-7-10-17(11-8-15)28-21(14-5-3-2-4-6-14)20(23(30)24(28)31)22(29)16-9-12-18(26)19(27)13-16/h2-13,21,29H,1H3/b22-20-. The van der Waals surface area contributed by atoms with E-state index in [2.05, 4.69) is 0 Å². The SMILES string of the molecule is COC(=O)c1ccc(N2C(=O)C(=O)/C(=C(\O)c3ccc(Cl)c(Cl)c3)C2c2ccccc2)cc1. The molecule has 0 bridgehead atoms. The average molecular weight is 482 g/mol. The minimum atomic E-state index is -0.898. The molecule has 4 rings (SSSR count).